The van der Waals surface area contributed by atoms with Gasteiger partial charge in [-0.25, -0.2) is 35.9 Å². The molecule has 3 unspecified atom stereocenters. The summed E-state index contributed by atoms with van der Waals surface area (Å²) in [5.74, 6) is -1.72. The van der Waals surface area contributed by atoms with Crippen LogP contribution < -0.4 is 4.72 Å². The summed E-state index contributed by atoms with van der Waals surface area (Å²) in [6, 6.07) is 35.9. The zero-order chi connectivity index (χ0) is 45.0. The molecule has 2 saturated heterocycles. The monoisotopic (exact) mass is 885 g/mol. The lowest BCUT2D eigenvalue weighted by atomic mass is 9.84. The second-order valence-electron chi connectivity index (χ2n) is 16.0. The Morgan fingerprint density at radius 1 is 0.730 bits per heavy atom. The van der Waals surface area contributed by atoms with E-state index in [1.807, 2.05) is 55.5 Å². The number of nitrogens with zero attached hydrogens (tertiary/aromatic N) is 2. The first-order chi connectivity index (χ1) is 30.2. The molecule has 0 radical (unpaired) electrons. The maximum Gasteiger partial charge on any atom is 0.411 e. The van der Waals surface area contributed by atoms with Gasteiger partial charge in [-0.3, -0.25) is 0 Å². The zero-order valence-corrected chi connectivity index (χ0v) is 36.3. The Morgan fingerprint density at radius 2 is 1.32 bits per heavy atom. The van der Waals surface area contributed by atoms with Gasteiger partial charge in [-0.2, -0.15) is 0 Å². The van der Waals surface area contributed by atoms with Gasteiger partial charge in [-0.15, -0.1) is 0 Å². The Balaban J connectivity index is 0.000000228. The average Bonchev–Trinajstić information content (AvgIpc) is 3.27. The van der Waals surface area contributed by atoms with Gasteiger partial charge in [0, 0.05) is 57.3 Å². The van der Waals surface area contributed by atoms with Gasteiger partial charge in [-0.05, 0) is 91.1 Å². The highest BCUT2D eigenvalue weighted by Crippen LogP contribution is 2.41. The maximum atomic E-state index is 14.2. The van der Waals surface area contributed by atoms with Crippen molar-refractivity contribution in [3.05, 3.63) is 167 Å². The number of aliphatic hydroxyl groups is 1. The van der Waals surface area contributed by atoms with Crippen LogP contribution in [0.4, 0.5) is 22.8 Å². The van der Waals surface area contributed by atoms with Crippen molar-refractivity contribution in [2.45, 2.75) is 69.1 Å². The number of carbonyl (C=O) groups is 2. The van der Waals surface area contributed by atoms with E-state index in [2.05, 4.69) is 16.9 Å². The van der Waals surface area contributed by atoms with Crippen molar-refractivity contribution in [1.82, 2.24) is 14.5 Å². The molecule has 7 rings (SSSR count). The Morgan fingerprint density at radius 3 is 1.92 bits per heavy atom. The molecule has 63 heavy (non-hydrogen) atoms. The van der Waals surface area contributed by atoms with Gasteiger partial charge in [0.2, 0.25) is 10.0 Å². The SMILES string of the molecule is CC(c1ccc(-c2ccc(F)cc2F)cc1)N1CCC(CCCNS(C)(=O)=O)(c2ccc(F)cc2)OC1=O.O=C1OC(CCCO)(c2ccccc2)CCN1CCc1ccccc1. The maximum absolute atomic E-state index is 14.2. The van der Waals surface area contributed by atoms with Crippen LogP contribution in [0.25, 0.3) is 11.1 Å². The number of benzene rings is 5. The number of aliphatic hydroxyl groups excluding tert-OH is 1. The predicted octanol–water partition coefficient (Wildman–Crippen LogP) is 9.64. The van der Waals surface area contributed by atoms with E-state index in [9.17, 15) is 36.3 Å². The van der Waals surface area contributed by atoms with Gasteiger partial charge in [0.05, 0.1) is 12.3 Å². The van der Waals surface area contributed by atoms with E-state index in [1.54, 1.807) is 46.2 Å². The molecule has 2 amide bonds. The fraction of sp³-hybridized carbons (Fsp3) is 0.347. The summed E-state index contributed by atoms with van der Waals surface area (Å²) in [5.41, 5.74) is 2.89. The van der Waals surface area contributed by atoms with Gasteiger partial charge < -0.3 is 24.4 Å². The Kier molecular flexibility index (Phi) is 15.7. The van der Waals surface area contributed by atoms with E-state index in [-0.39, 0.29) is 30.9 Å². The van der Waals surface area contributed by atoms with E-state index in [1.165, 1.54) is 29.8 Å². The Hall–Kier alpha value is -5.70. The fourth-order valence-corrected chi connectivity index (χ4v) is 8.72. The third-order valence-electron chi connectivity index (χ3n) is 11.7. The summed E-state index contributed by atoms with van der Waals surface area (Å²) < 4.78 is 78.3. The lowest BCUT2D eigenvalue weighted by molar-refractivity contribution is -0.0663. The minimum Gasteiger partial charge on any atom is -0.438 e. The molecule has 2 fully saturated rings. The number of carbonyl (C=O) groups excluding carboxylic acids is 2. The molecular formula is C49H54F3N3O7S. The summed E-state index contributed by atoms with van der Waals surface area (Å²) in [6.07, 6.45) is 4.29. The van der Waals surface area contributed by atoms with Gasteiger partial charge in [0.25, 0.3) is 0 Å². The standard InChI is InChI=1S/C28H29F3N2O4S.C21H25NO3/c1-19(20-4-6-21(7-5-20)25-13-12-24(30)18-26(25)31)33-17-15-28(37-27(33)34,14-3-16-32-38(2,35)36)22-8-10-23(29)11-9-22;23-17-7-13-21(19-10-5-2-6-11-19)14-16-22(20(24)25-21)15-12-18-8-3-1-4-9-18/h4-13,18-19,32H,3,14-17H2,1-2H3;1-6,8-11,23H,7,12-17H2. The number of sulfonamides is 1. The molecule has 14 heteroatoms. The largest absolute Gasteiger partial charge is 0.438 e. The van der Waals surface area contributed by atoms with E-state index in [0.717, 1.165) is 36.3 Å². The molecule has 334 valence electrons. The van der Waals surface area contributed by atoms with Crippen LogP contribution in [0.15, 0.2) is 127 Å². The van der Waals surface area contributed by atoms with Crippen LogP contribution >= 0.6 is 0 Å². The molecule has 0 aromatic heterocycles. The van der Waals surface area contributed by atoms with Crippen LogP contribution in [0, 0.1) is 17.5 Å². The van der Waals surface area contributed by atoms with Crippen molar-refractivity contribution in [3.8, 4) is 11.1 Å². The highest BCUT2D eigenvalue weighted by Gasteiger charge is 2.44. The number of hydrogen-bond donors (Lipinski definition) is 2. The number of hydrogen-bond acceptors (Lipinski definition) is 7. The number of rotatable bonds is 16. The molecule has 2 heterocycles. The number of cyclic esters (lactones) is 2. The summed E-state index contributed by atoms with van der Waals surface area (Å²) in [5, 5.41) is 9.24. The quantitative estimate of drug-likeness (QED) is 0.0946. The smallest absolute Gasteiger partial charge is 0.411 e. The second kappa shape index (κ2) is 21.1. The van der Waals surface area contributed by atoms with Crippen molar-refractivity contribution in [1.29, 1.82) is 0 Å². The van der Waals surface area contributed by atoms with Crippen LogP contribution in [0.5, 0.6) is 0 Å². The second-order valence-corrected chi connectivity index (χ2v) is 17.9. The number of nitrogens with one attached hydrogen (secondary N) is 1. The first kappa shape index (κ1) is 46.8. The number of amides is 2. The van der Waals surface area contributed by atoms with Crippen LogP contribution in [0.3, 0.4) is 0 Å². The van der Waals surface area contributed by atoms with Gasteiger partial charge in [0.1, 0.15) is 28.7 Å². The van der Waals surface area contributed by atoms with E-state index in [0.29, 0.717) is 62.9 Å². The van der Waals surface area contributed by atoms with Crippen LogP contribution in [0.1, 0.15) is 73.7 Å². The highest BCUT2D eigenvalue weighted by atomic mass is 32.2. The van der Waals surface area contributed by atoms with Crippen LogP contribution in [-0.2, 0) is 37.1 Å². The van der Waals surface area contributed by atoms with Crippen molar-refractivity contribution in [2.75, 3.05) is 39.0 Å². The normalized spacial score (nSPS) is 19.4. The Labute approximate surface area is 367 Å². The van der Waals surface area contributed by atoms with E-state index in [4.69, 9.17) is 9.47 Å². The molecule has 2 aliphatic rings. The molecule has 0 spiro atoms. The molecule has 3 atom stereocenters. The molecule has 0 saturated carbocycles. The van der Waals surface area contributed by atoms with Crippen LogP contribution in [-0.4, -0.2) is 74.6 Å². The minimum absolute atomic E-state index is 0.101. The van der Waals surface area contributed by atoms with Crippen LogP contribution in [0.2, 0.25) is 0 Å². The van der Waals surface area contributed by atoms with E-state index >= 15 is 0 Å². The molecule has 5 aromatic rings. The third-order valence-corrected chi connectivity index (χ3v) is 12.5. The third kappa shape index (κ3) is 12.3. The van der Waals surface area contributed by atoms with Gasteiger partial charge in [0.15, 0.2) is 0 Å². The molecule has 2 aliphatic heterocycles. The molecule has 0 aliphatic carbocycles. The first-order valence-corrected chi connectivity index (χ1v) is 23.0. The van der Waals surface area contributed by atoms with Gasteiger partial charge >= 0.3 is 12.2 Å². The lowest BCUT2D eigenvalue weighted by Crippen LogP contribution is -2.49. The fourth-order valence-electron chi connectivity index (χ4n) is 8.21. The molecule has 10 nitrogen and oxygen atoms in total. The highest BCUT2D eigenvalue weighted by molar-refractivity contribution is 7.88. The molecule has 5 aromatic carbocycles. The minimum atomic E-state index is -3.36. The number of halogens is 3. The van der Waals surface area contributed by atoms with Crippen molar-refractivity contribution in [3.63, 3.8) is 0 Å². The molecule has 0 bridgehead atoms. The Bertz CT molecular complexity index is 2390. The molecular weight excluding hydrogens is 832 g/mol. The molecule has 2 N–H and O–H groups in total. The van der Waals surface area contributed by atoms with Gasteiger partial charge in [-0.1, -0.05) is 97.1 Å². The topological polar surface area (TPSA) is 125 Å². The summed E-state index contributed by atoms with van der Waals surface area (Å²) >= 11 is 0. The first-order valence-electron chi connectivity index (χ1n) is 21.1. The average molecular weight is 886 g/mol. The zero-order valence-electron chi connectivity index (χ0n) is 35.5. The summed E-state index contributed by atoms with van der Waals surface area (Å²) in [7, 11) is -3.36. The predicted molar refractivity (Wildman–Crippen MR) is 235 cm³/mol. The number of ether oxygens (including phenoxy) is 2. The summed E-state index contributed by atoms with van der Waals surface area (Å²) in [4.78, 5) is 29.2. The summed E-state index contributed by atoms with van der Waals surface area (Å²) in [6.45, 7) is 3.82. The van der Waals surface area contributed by atoms with Crippen molar-refractivity contribution < 1.29 is 45.8 Å². The van der Waals surface area contributed by atoms with Crippen molar-refractivity contribution in [2.24, 2.45) is 0 Å². The lowest BCUT2D eigenvalue weighted by Gasteiger charge is -2.43. The van der Waals surface area contributed by atoms with Crippen molar-refractivity contribution >= 4 is 22.2 Å². The van der Waals surface area contributed by atoms with E-state index < -0.39 is 44.8 Å².